The lowest BCUT2D eigenvalue weighted by Crippen LogP contribution is -2.49. The SMILES string of the molecule is CCOC(=O)c1ccc(S(=O)(=O)N2CCN(C[C@@H]3CC=CCC3)CC2)cc1. The summed E-state index contributed by atoms with van der Waals surface area (Å²) in [4.78, 5) is 14.3. The number of hydrogen-bond acceptors (Lipinski definition) is 5. The van der Waals surface area contributed by atoms with Gasteiger partial charge in [-0.05, 0) is 56.4 Å². The second-order valence-electron chi connectivity index (χ2n) is 7.10. The zero-order chi connectivity index (χ0) is 19.3. The van der Waals surface area contributed by atoms with Gasteiger partial charge in [-0.3, -0.25) is 0 Å². The minimum absolute atomic E-state index is 0.224. The number of benzene rings is 1. The third-order valence-electron chi connectivity index (χ3n) is 5.23. The quantitative estimate of drug-likeness (QED) is 0.550. The molecule has 1 aliphatic carbocycles. The lowest BCUT2D eigenvalue weighted by atomic mass is 9.94. The summed E-state index contributed by atoms with van der Waals surface area (Å²) in [6.07, 6.45) is 8.01. The second-order valence-corrected chi connectivity index (χ2v) is 9.04. The van der Waals surface area contributed by atoms with Gasteiger partial charge >= 0.3 is 5.97 Å². The van der Waals surface area contributed by atoms with E-state index in [1.54, 1.807) is 11.2 Å². The van der Waals surface area contributed by atoms with Crippen molar-refractivity contribution in [2.45, 2.75) is 31.1 Å². The van der Waals surface area contributed by atoms with E-state index in [2.05, 4.69) is 17.1 Å². The first-order valence-corrected chi connectivity index (χ1v) is 11.1. The van der Waals surface area contributed by atoms with Gasteiger partial charge in [-0.2, -0.15) is 4.31 Å². The van der Waals surface area contributed by atoms with E-state index in [1.165, 1.54) is 30.7 Å². The molecule has 7 heteroatoms. The maximum atomic E-state index is 12.9. The average molecular weight is 393 g/mol. The molecule has 6 nitrogen and oxygen atoms in total. The number of nitrogens with zero attached hydrogens (tertiary/aromatic N) is 2. The number of hydrogen-bond donors (Lipinski definition) is 0. The molecule has 1 aromatic carbocycles. The Balaban J connectivity index is 1.57. The molecule has 0 radical (unpaired) electrons. The molecule has 0 amide bonds. The van der Waals surface area contributed by atoms with Gasteiger partial charge in [0, 0.05) is 32.7 Å². The highest BCUT2D eigenvalue weighted by molar-refractivity contribution is 7.89. The van der Waals surface area contributed by atoms with Crippen molar-refractivity contribution in [2.24, 2.45) is 5.92 Å². The molecule has 0 saturated carbocycles. The van der Waals surface area contributed by atoms with Gasteiger partial charge in [0.25, 0.3) is 0 Å². The maximum absolute atomic E-state index is 12.9. The van der Waals surface area contributed by atoms with Crippen molar-refractivity contribution in [3.8, 4) is 0 Å². The predicted molar refractivity (Wildman–Crippen MR) is 104 cm³/mol. The van der Waals surface area contributed by atoms with Crippen LogP contribution in [0.25, 0.3) is 0 Å². The number of allylic oxidation sites excluding steroid dienone is 2. The van der Waals surface area contributed by atoms with E-state index in [-0.39, 0.29) is 4.90 Å². The molecule has 1 aromatic rings. The highest BCUT2D eigenvalue weighted by Gasteiger charge is 2.29. The highest BCUT2D eigenvalue weighted by atomic mass is 32.2. The van der Waals surface area contributed by atoms with Crippen molar-refractivity contribution < 1.29 is 17.9 Å². The van der Waals surface area contributed by atoms with Gasteiger partial charge in [-0.1, -0.05) is 12.2 Å². The van der Waals surface area contributed by atoms with Crippen LogP contribution in [0.5, 0.6) is 0 Å². The van der Waals surface area contributed by atoms with Gasteiger partial charge in [0.15, 0.2) is 0 Å². The van der Waals surface area contributed by atoms with Crippen LogP contribution >= 0.6 is 0 Å². The Kier molecular flexibility index (Phi) is 6.68. The van der Waals surface area contributed by atoms with Crippen molar-refractivity contribution >= 4 is 16.0 Å². The number of rotatable bonds is 6. The van der Waals surface area contributed by atoms with Gasteiger partial charge in [0.2, 0.25) is 10.0 Å². The van der Waals surface area contributed by atoms with Gasteiger partial charge < -0.3 is 9.64 Å². The summed E-state index contributed by atoms with van der Waals surface area (Å²) in [7, 11) is -3.53. The van der Waals surface area contributed by atoms with Crippen LogP contribution in [0.1, 0.15) is 36.5 Å². The lowest BCUT2D eigenvalue weighted by molar-refractivity contribution is 0.0526. The van der Waals surface area contributed by atoms with E-state index >= 15 is 0 Å². The first kappa shape index (κ1) is 20.0. The Morgan fingerprint density at radius 3 is 2.41 bits per heavy atom. The Hall–Kier alpha value is -1.70. The fourth-order valence-electron chi connectivity index (χ4n) is 3.67. The number of sulfonamides is 1. The zero-order valence-electron chi connectivity index (χ0n) is 15.8. The van der Waals surface area contributed by atoms with Gasteiger partial charge in [0.05, 0.1) is 17.1 Å². The van der Waals surface area contributed by atoms with E-state index in [0.717, 1.165) is 32.5 Å². The molecule has 1 saturated heterocycles. The van der Waals surface area contributed by atoms with Crippen LogP contribution < -0.4 is 0 Å². The van der Waals surface area contributed by atoms with Crippen LogP contribution in [-0.2, 0) is 14.8 Å². The van der Waals surface area contributed by atoms with E-state index in [4.69, 9.17) is 4.74 Å². The minimum atomic E-state index is -3.53. The fraction of sp³-hybridized carbons (Fsp3) is 0.550. The minimum Gasteiger partial charge on any atom is -0.462 e. The molecular weight excluding hydrogens is 364 g/mol. The molecule has 0 spiro atoms. The number of esters is 1. The first-order valence-electron chi connectivity index (χ1n) is 9.65. The molecule has 148 valence electrons. The van der Waals surface area contributed by atoms with E-state index in [0.29, 0.717) is 31.2 Å². The van der Waals surface area contributed by atoms with E-state index in [1.807, 2.05) is 0 Å². The number of carbonyl (C=O) groups is 1. The molecule has 0 bridgehead atoms. The third kappa shape index (κ3) is 4.97. The molecular formula is C20H28N2O4S. The average Bonchev–Trinajstić information content (AvgIpc) is 2.69. The van der Waals surface area contributed by atoms with Crippen LogP contribution in [0.4, 0.5) is 0 Å². The normalized spacial score (nSPS) is 21.9. The fourth-order valence-corrected chi connectivity index (χ4v) is 5.09. The van der Waals surface area contributed by atoms with Crippen molar-refractivity contribution in [2.75, 3.05) is 39.3 Å². The summed E-state index contributed by atoms with van der Waals surface area (Å²) >= 11 is 0. The van der Waals surface area contributed by atoms with Crippen LogP contribution in [0.2, 0.25) is 0 Å². The van der Waals surface area contributed by atoms with E-state index < -0.39 is 16.0 Å². The third-order valence-corrected chi connectivity index (χ3v) is 7.14. The summed E-state index contributed by atoms with van der Waals surface area (Å²) in [5, 5.41) is 0. The summed E-state index contributed by atoms with van der Waals surface area (Å²) in [6, 6.07) is 6.00. The molecule has 0 unspecified atom stereocenters. The van der Waals surface area contributed by atoms with Gasteiger partial charge in [-0.25, -0.2) is 13.2 Å². The molecule has 1 heterocycles. The largest absolute Gasteiger partial charge is 0.462 e. The number of piperazine rings is 1. The van der Waals surface area contributed by atoms with Crippen LogP contribution in [0.15, 0.2) is 41.3 Å². The van der Waals surface area contributed by atoms with Crippen LogP contribution in [0, 0.1) is 5.92 Å². The number of carbonyl (C=O) groups excluding carboxylic acids is 1. The second kappa shape index (κ2) is 8.99. The molecule has 1 aliphatic heterocycles. The maximum Gasteiger partial charge on any atom is 0.338 e. The molecule has 0 N–H and O–H groups in total. The summed E-state index contributed by atoms with van der Waals surface area (Å²) < 4.78 is 32.2. The van der Waals surface area contributed by atoms with Gasteiger partial charge in [-0.15, -0.1) is 0 Å². The lowest BCUT2D eigenvalue weighted by Gasteiger charge is -2.36. The predicted octanol–water partition coefficient (Wildman–Crippen LogP) is 2.53. The zero-order valence-corrected chi connectivity index (χ0v) is 16.7. The Morgan fingerprint density at radius 1 is 1.11 bits per heavy atom. The van der Waals surface area contributed by atoms with Crippen LogP contribution in [0.3, 0.4) is 0 Å². The van der Waals surface area contributed by atoms with Gasteiger partial charge in [0.1, 0.15) is 0 Å². The van der Waals surface area contributed by atoms with Crippen molar-refractivity contribution in [1.29, 1.82) is 0 Å². The Bertz CT molecular complexity index is 766. The van der Waals surface area contributed by atoms with Crippen molar-refractivity contribution in [3.63, 3.8) is 0 Å². The standard InChI is InChI=1S/C20H28N2O4S/c1-2-26-20(23)18-8-10-19(11-9-18)27(24,25)22-14-12-21(13-15-22)16-17-6-4-3-5-7-17/h3-4,8-11,17H,2,5-7,12-16H2,1H3/t17-/m1/s1. The molecule has 2 aliphatic rings. The molecule has 27 heavy (non-hydrogen) atoms. The molecule has 3 rings (SSSR count). The molecule has 0 aromatic heterocycles. The summed E-state index contributed by atoms with van der Waals surface area (Å²) in [5.41, 5.74) is 0.363. The first-order chi connectivity index (χ1) is 13.0. The topological polar surface area (TPSA) is 66.9 Å². The monoisotopic (exact) mass is 392 g/mol. The Labute approximate surface area is 161 Å². The van der Waals surface area contributed by atoms with E-state index in [9.17, 15) is 13.2 Å². The summed E-state index contributed by atoms with van der Waals surface area (Å²) in [5.74, 6) is 0.251. The van der Waals surface area contributed by atoms with Crippen molar-refractivity contribution in [1.82, 2.24) is 9.21 Å². The summed E-state index contributed by atoms with van der Waals surface area (Å²) in [6.45, 7) is 5.61. The molecule has 1 atom stereocenters. The highest BCUT2D eigenvalue weighted by Crippen LogP contribution is 2.22. The number of ether oxygens (including phenoxy) is 1. The van der Waals surface area contributed by atoms with Crippen molar-refractivity contribution in [3.05, 3.63) is 42.0 Å². The smallest absolute Gasteiger partial charge is 0.338 e. The van der Waals surface area contributed by atoms with Crippen LogP contribution in [-0.4, -0.2) is 62.9 Å². The Morgan fingerprint density at radius 2 is 1.81 bits per heavy atom. The molecule has 1 fully saturated rings.